The molecule has 19 heteroatoms. The summed E-state index contributed by atoms with van der Waals surface area (Å²) in [5.41, 5.74) is 1.03. The van der Waals surface area contributed by atoms with E-state index >= 15 is 0 Å². The molecule has 5 aromatic carbocycles. The van der Waals surface area contributed by atoms with Crippen molar-refractivity contribution in [2.24, 2.45) is 15.8 Å². The van der Waals surface area contributed by atoms with Gasteiger partial charge in [0.05, 0.1) is 5.69 Å². The first kappa shape index (κ1) is 65.6. The van der Waals surface area contributed by atoms with Crippen LogP contribution in [0, 0.1) is 106 Å². The minimum Gasteiger partial charge on any atom is -0.681 e. The van der Waals surface area contributed by atoms with Crippen molar-refractivity contribution in [3.63, 3.8) is 0 Å². The minimum atomic E-state index is -5.41. The van der Waals surface area contributed by atoms with Gasteiger partial charge in [0.15, 0.2) is 52.4 Å². The topological polar surface area (TPSA) is 26.5 Å². The maximum atomic E-state index is 14.6. The van der Waals surface area contributed by atoms with Crippen LogP contribution in [-0.4, -0.2) is 17.9 Å². The smallest absolute Gasteiger partial charge is 0.681 e. The van der Waals surface area contributed by atoms with E-state index in [4.69, 9.17) is 10.3 Å². The molecule has 0 aliphatic carbocycles. The molecular formula is C55H61BF15N2Sc. The predicted octanol–water partition coefficient (Wildman–Crippen LogP) is 17.1. The van der Waals surface area contributed by atoms with Crippen LogP contribution < -0.4 is 16.4 Å². The Hall–Kier alpha value is -4.54. The van der Waals surface area contributed by atoms with Gasteiger partial charge in [0.1, 0.15) is 41.0 Å². The first-order chi connectivity index (χ1) is 33.0. The molecule has 1 unspecified atom stereocenters. The Balaban J connectivity index is 0.000000494. The Morgan fingerprint density at radius 1 is 0.446 bits per heavy atom. The third kappa shape index (κ3) is 12.7. The number of aliphatic imine (C=N–C) groups is 1. The number of hydrogen-bond acceptors (Lipinski definition) is 1. The second kappa shape index (κ2) is 24.6. The molecule has 0 radical (unpaired) electrons. The molecule has 0 saturated carbocycles. The van der Waals surface area contributed by atoms with E-state index in [1.165, 1.54) is 39.3 Å². The van der Waals surface area contributed by atoms with Crippen molar-refractivity contribution >= 4 is 39.6 Å². The van der Waals surface area contributed by atoms with E-state index in [0.29, 0.717) is 23.7 Å². The van der Waals surface area contributed by atoms with Gasteiger partial charge in [-0.1, -0.05) is 150 Å². The SMILES string of the molecule is CC(C)c1cccc(C(C)C)c1N=C(CC([N-]c1c(C(C)C)cccc1C(C)C)C(C)(C)C)C(C)(C)C.C[B-](c1c(F)c(F)c(F)c(F)c1F)(c1c(F)c(F)c(F)c(F)c1F)c1c(F)c(F)c(F)c(F)c1F.[CH3-].[Sc+3]. The van der Waals surface area contributed by atoms with Gasteiger partial charge in [-0.15, -0.1) is 28.1 Å². The third-order valence-corrected chi connectivity index (χ3v) is 12.9. The number of hydrogen-bond donors (Lipinski definition) is 0. The molecule has 0 fully saturated rings. The van der Waals surface area contributed by atoms with Gasteiger partial charge in [-0.2, -0.15) is 6.82 Å². The summed E-state index contributed by atoms with van der Waals surface area (Å²) in [4.78, 5) is 5.54. The molecule has 0 spiro atoms. The van der Waals surface area contributed by atoms with Crippen molar-refractivity contribution in [3.8, 4) is 0 Å². The average molecular weight is 1090 g/mol. The quantitative estimate of drug-likeness (QED) is 0.0297. The largest absolute Gasteiger partial charge is 3.00 e. The molecule has 5 rings (SSSR count). The zero-order chi connectivity index (χ0) is 55.2. The average Bonchev–Trinajstić information content (AvgIpc) is 3.28. The molecule has 402 valence electrons. The maximum absolute atomic E-state index is 14.6. The number of para-hydroxylation sites is 2. The van der Waals surface area contributed by atoms with Crippen LogP contribution in [0.5, 0.6) is 0 Å². The molecule has 0 bridgehead atoms. The molecule has 0 aliphatic rings. The van der Waals surface area contributed by atoms with Crippen LogP contribution in [-0.2, 0) is 25.8 Å². The minimum absolute atomic E-state index is 0. The Bertz CT molecular complexity index is 2580. The van der Waals surface area contributed by atoms with Crippen LogP contribution in [0.4, 0.5) is 77.2 Å². The van der Waals surface area contributed by atoms with Crippen LogP contribution >= 0.6 is 0 Å². The molecule has 74 heavy (non-hydrogen) atoms. The van der Waals surface area contributed by atoms with Gasteiger partial charge in [-0.05, 0) is 41.2 Å². The molecule has 5 aromatic rings. The summed E-state index contributed by atoms with van der Waals surface area (Å²) in [5.74, 6) is -43.4. The van der Waals surface area contributed by atoms with Gasteiger partial charge >= 0.3 is 25.8 Å². The fourth-order valence-corrected chi connectivity index (χ4v) is 8.66. The van der Waals surface area contributed by atoms with Crippen LogP contribution in [0.25, 0.3) is 5.32 Å². The van der Waals surface area contributed by atoms with Gasteiger partial charge in [-0.25, -0.2) is 65.9 Å². The molecule has 0 N–H and O–H groups in total. The van der Waals surface area contributed by atoms with Crippen LogP contribution in [0.15, 0.2) is 41.4 Å². The summed E-state index contributed by atoms with van der Waals surface area (Å²) in [6, 6.07) is 13.6. The van der Waals surface area contributed by atoms with E-state index in [1.54, 1.807) is 0 Å². The molecule has 0 aromatic heterocycles. The standard InChI is InChI=1S/C35H55N2.C19H3BF15.CH3.Sc/c1-22(2)26-17-15-18-27(23(3)4)32(26)36-30(34(9,10)11)21-31(35(12,13)14)37-33-28(24(5)6)19-16-20-29(33)25(7)8;1-20(2-5(21)11(27)17(33)12(28)6(2)22,3-7(23)13(29)18(34)14(30)8(3)24)4-9(25)15(31)19(35)16(32)10(4)26;;/h15-20,22-25,30H,21H2,1-14H3;1H3;1H3;/q3*-1;+3. The summed E-state index contributed by atoms with van der Waals surface area (Å²) in [7, 11) is 0. The maximum Gasteiger partial charge on any atom is 3.00 e. The summed E-state index contributed by atoms with van der Waals surface area (Å²) in [6.45, 7) is 31.9. The summed E-state index contributed by atoms with van der Waals surface area (Å²) in [5, 5.41) is 5.60. The molecule has 2 nitrogen and oxygen atoms in total. The van der Waals surface area contributed by atoms with Crippen molar-refractivity contribution in [1.82, 2.24) is 0 Å². The van der Waals surface area contributed by atoms with Gasteiger partial charge in [0, 0.05) is 11.1 Å². The summed E-state index contributed by atoms with van der Waals surface area (Å²) in [6.07, 6.45) is -4.56. The number of halogens is 15. The fraction of sp³-hybridized carbons (Fsp3) is 0.418. The van der Waals surface area contributed by atoms with Gasteiger partial charge in [0.2, 0.25) is 0 Å². The van der Waals surface area contributed by atoms with E-state index in [9.17, 15) is 65.9 Å². The molecule has 0 aliphatic heterocycles. The second-order valence-electron chi connectivity index (χ2n) is 21.5. The van der Waals surface area contributed by atoms with Crippen LogP contribution in [0.2, 0.25) is 6.82 Å². The summed E-state index contributed by atoms with van der Waals surface area (Å²) >= 11 is 0. The van der Waals surface area contributed by atoms with Crippen molar-refractivity contribution < 1.29 is 91.7 Å². The molecule has 0 amide bonds. The predicted molar refractivity (Wildman–Crippen MR) is 262 cm³/mol. The molecule has 0 saturated heterocycles. The first-order valence-corrected chi connectivity index (χ1v) is 23.3. The normalized spacial score (nSPS) is 12.8. The van der Waals surface area contributed by atoms with E-state index in [-0.39, 0.29) is 57.0 Å². The van der Waals surface area contributed by atoms with Crippen molar-refractivity contribution in [3.05, 3.63) is 159 Å². The molecule has 0 heterocycles. The van der Waals surface area contributed by atoms with E-state index in [0.717, 1.165) is 6.42 Å². The number of rotatable bonds is 12. The Kier molecular flexibility index (Phi) is 21.8. The Morgan fingerprint density at radius 3 is 0.919 bits per heavy atom. The zero-order valence-electron chi connectivity index (χ0n) is 44.3. The van der Waals surface area contributed by atoms with E-state index in [2.05, 4.69) is 133 Å². The van der Waals surface area contributed by atoms with Crippen molar-refractivity contribution in [2.45, 2.75) is 140 Å². The van der Waals surface area contributed by atoms with Crippen molar-refractivity contribution in [1.29, 1.82) is 0 Å². The van der Waals surface area contributed by atoms with Gasteiger partial charge in [-0.3, -0.25) is 4.99 Å². The van der Waals surface area contributed by atoms with Crippen LogP contribution in [0.3, 0.4) is 0 Å². The van der Waals surface area contributed by atoms with Crippen LogP contribution in [0.1, 0.15) is 149 Å². The first-order valence-electron chi connectivity index (χ1n) is 23.3. The van der Waals surface area contributed by atoms with Gasteiger partial charge in [0.25, 0.3) is 0 Å². The third-order valence-electron chi connectivity index (χ3n) is 12.9. The zero-order valence-corrected chi connectivity index (χ0v) is 46.1. The molecule has 1 atom stereocenters. The van der Waals surface area contributed by atoms with Crippen molar-refractivity contribution in [2.75, 3.05) is 0 Å². The Morgan fingerprint density at radius 2 is 0.689 bits per heavy atom. The molecular weight excluding hydrogens is 1030 g/mol. The fourth-order valence-electron chi connectivity index (χ4n) is 8.66. The monoisotopic (exact) mass is 1090 g/mol. The summed E-state index contributed by atoms with van der Waals surface area (Å²) < 4.78 is 212. The van der Waals surface area contributed by atoms with Gasteiger partial charge < -0.3 is 12.7 Å². The Labute approximate surface area is 443 Å². The number of benzene rings is 5. The van der Waals surface area contributed by atoms with E-state index < -0.39 is 110 Å². The van der Waals surface area contributed by atoms with E-state index in [1.807, 2.05) is 0 Å². The second-order valence-corrected chi connectivity index (χ2v) is 21.5. The number of nitrogens with zero attached hydrogens (tertiary/aromatic N) is 2.